The molecule has 0 spiro atoms. The van der Waals surface area contributed by atoms with Crippen LogP contribution in [0.2, 0.25) is 10.0 Å². The fourth-order valence-electron chi connectivity index (χ4n) is 7.49. The molecule has 0 saturated carbocycles. The Labute approximate surface area is 486 Å². The Morgan fingerprint density at radius 3 is 1.61 bits per heavy atom. The van der Waals surface area contributed by atoms with Crippen LogP contribution in [-0.4, -0.2) is 104 Å². The number of carboxylic acid groups (broad SMARTS) is 2. The van der Waals surface area contributed by atoms with Gasteiger partial charge in [-0.2, -0.15) is 52.6 Å². The minimum atomic E-state index is -5.49. The standard InChI is InChI=1S/C45H31Cl2N11O20S6/c1-19-28(17-48)40(50-22-6-8-30(46)35(11-22)83(73,74)75)54-41(51-23-7-9-31(47)36(12-23)84(76,77)78)39(19)56-57-42-29(18-49)38(20-2-4-21(5-3-20)52-45(63)53-32(44(61)62)16-37(59)60)43(79-42)58-55-24-10-26-27(33(13-24)81(67,68)69)14-25(80(64,65)66)15-34(26)82(70,71)72/h2-15,32H,16H2,1H3,(H,59,60)(H,61,62)(H2,50,51,54)(H2,52,53,63)(H,64,65,66)(H,67,68,69)(H,70,71,72)(H,73,74,75)(H,76,77,78). The molecule has 0 aliphatic carbocycles. The van der Waals surface area contributed by atoms with Crippen molar-refractivity contribution in [3.8, 4) is 23.3 Å². The predicted octanol–water partition coefficient (Wildman–Crippen LogP) is 8.92. The van der Waals surface area contributed by atoms with Crippen LogP contribution in [-0.2, 0) is 60.2 Å². The molecule has 0 aliphatic rings. The maximum atomic E-state index is 12.8. The third-order valence-corrected chi connectivity index (χ3v) is 17.4. The van der Waals surface area contributed by atoms with Crippen LogP contribution in [0.25, 0.3) is 21.9 Å². The van der Waals surface area contributed by atoms with E-state index in [9.17, 15) is 94.9 Å². The van der Waals surface area contributed by atoms with Crippen LogP contribution in [0, 0.1) is 29.6 Å². The highest BCUT2D eigenvalue weighted by atomic mass is 35.5. The van der Waals surface area contributed by atoms with Gasteiger partial charge in [0.05, 0.1) is 32.6 Å². The van der Waals surface area contributed by atoms with Crippen LogP contribution in [0.4, 0.5) is 54.9 Å². The molecule has 7 rings (SSSR count). The van der Waals surface area contributed by atoms with E-state index < -0.39 is 138 Å². The van der Waals surface area contributed by atoms with Gasteiger partial charge in [0.15, 0.2) is 16.6 Å². The summed E-state index contributed by atoms with van der Waals surface area (Å²) in [6, 6.07) is 14.2. The number of aliphatic carboxylic acids is 2. The van der Waals surface area contributed by atoms with E-state index in [1.165, 1.54) is 43.3 Å². The number of nitriles is 2. The highest BCUT2D eigenvalue weighted by Crippen LogP contribution is 2.49. The number of hydrogen-bond donors (Lipinski definition) is 11. The first-order chi connectivity index (χ1) is 39.0. The Balaban J connectivity index is 1.44. The summed E-state index contributed by atoms with van der Waals surface area (Å²) in [5.41, 5.74) is -2.27. The summed E-state index contributed by atoms with van der Waals surface area (Å²) in [4.78, 5) is 34.6. The Morgan fingerprint density at radius 2 is 1.11 bits per heavy atom. The molecule has 7 aromatic rings. The Hall–Kier alpha value is -8.67. The molecule has 0 aliphatic heterocycles. The van der Waals surface area contributed by atoms with Crippen LogP contribution in [0.15, 0.2) is 130 Å². The summed E-state index contributed by atoms with van der Waals surface area (Å²) in [5.74, 6) is -3.95. The summed E-state index contributed by atoms with van der Waals surface area (Å²) in [6.07, 6.45) is -0.996. The molecule has 0 bridgehead atoms. The van der Waals surface area contributed by atoms with Gasteiger partial charge in [0, 0.05) is 39.0 Å². The summed E-state index contributed by atoms with van der Waals surface area (Å²) in [7, 11) is -26.2. The first-order valence-corrected chi connectivity index (χ1v) is 30.9. The van der Waals surface area contributed by atoms with Crippen molar-refractivity contribution >= 4 is 164 Å². The summed E-state index contributed by atoms with van der Waals surface area (Å²) >= 11 is 12.6. The van der Waals surface area contributed by atoms with E-state index in [0.29, 0.717) is 23.5 Å². The van der Waals surface area contributed by atoms with Crippen molar-refractivity contribution in [2.45, 2.75) is 43.9 Å². The number of urea groups is 1. The van der Waals surface area contributed by atoms with Gasteiger partial charge in [0.25, 0.3) is 50.6 Å². The first kappa shape index (κ1) is 62.9. The smallest absolute Gasteiger partial charge is 0.326 e. The number of amides is 2. The lowest BCUT2D eigenvalue weighted by atomic mass is 10.0. The zero-order valence-electron chi connectivity index (χ0n) is 41.1. The second-order valence-electron chi connectivity index (χ2n) is 16.8. The quantitative estimate of drug-likeness (QED) is 0.0266. The number of carbonyl (C=O) groups is 3. The first-order valence-electron chi connectivity index (χ1n) is 22.1. The van der Waals surface area contributed by atoms with E-state index in [-0.39, 0.29) is 72.7 Å². The summed E-state index contributed by atoms with van der Waals surface area (Å²) in [5, 5.41) is 63.1. The summed E-state index contributed by atoms with van der Waals surface area (Å²) < 4.78 is 173. The lowest BCUT2D eigenvalue weighted by Crippen LogP contribution is -2.44. The van der Waals surface area contributed by atoms with Gasteiger partial charge in [0.1, 0.15) is 54.0 Å². The number of pyridine rings is 1. The predicted molar refractivity (Wildman–Crippen MR) is 295 cm³/mol. The van der Waals surface area contributed by atoms with E-state index >= 15 is 0 Å². The Morgan fingerprint density at radius 1 is 0.607 bits per heavy atom. The van der Waals surface area contributed by atoms with Crippen molar-refractivity contribution in [3.63, 3.8) is 0 Å². The van der Waals surface area contributed by atoms with E-state index in [1.807, 2.05) is 17.5 Å². The largest absolute Gasteiger partial charge is 0.481 e. The van der Waals surface area contributed by atoms with Crippen molar-refractivity contribution in [1.29, 1.82) is 10.5 Å². The molecule has 0 fully saturated rings. The zero-order chi connectivity index (χ0) is 62.2. The van der Waals surface area contributed by atoms with Gasteiger partial charge in [-0.15, -0.1) is 20.5 Å². The molecule has 1 atom stereocenters. The molecule has 1 unspecified atom stereocenters. The normalized spacial score (nSPS) is 12.6. The fraction of sp³-hybridized carbons (Fsp3) is 0.0667. The molecule has 0 saturated heterocycles. The molecule has 2 amide bonds. The van der Waals surface area contributed by atoms with Crippen LogP contribution < -0.4 is 21.3 Å². The molecule has 2 aromatic heterocycles. The monoisotopic (exact) mass is 1310 g/mol. The number of hydrogen-bond acceptors (Lipinski definition) is 23. The molecule has 11 N–H and O–H groups in total. The molecule has 0 radical (unpaired) electrons. The molecule has 436 valence electrons. The maximum absolute atomic E-state index is 12.8. The van der Waals surface area contributed by atoms with E-state index in [1.54, 1.807) is 0 Å². The van der Waals surface area contributed by atoms with E-state index in [4.69, 9.17) is 28.3 Å². The van der Waals surface area contributed by atoms with Gasteiger partial charge in [-0.25, -0.2) is 14.6 Å². The van der Waals surface area contributed by atoms with E-state index in [0.717, 1.165) is 30.3 Å². The Bertz CT molecular complexity index is 4730. The maximum Gasteiger partial charge on any atom is 0.326 e. The van der Waals surface area contributed by atoms with Crippen LogP contribution >= 0.6 is 34.5 Å². The highest BCUT2D eigenvalue weighted by Gasteiger charge is 2.29. The number of halogens is 2. The minimum Gasteiger partial charge on any atom is -0.481 e. The van der Waals surface area contributed by atoms with Gasteiger partial charge in [-0.05, 0) is 85.3 Å². The average molecular weight is 1310 g/mol. The van der Waals surface area contributed by atoms with Crippen molar-refractivity contribution in [3.05, 3.63) is 112 Å². The van der Waals surface area contributed by atoms with Crippen molar-refractivity contribution in [1.82, 2.24) is 10.3 Å². The van der Waals surface area contributed by atoms with Crippen LogP contribution in [0.1, 0.15) is 23.1 Å². The van der Waals surface area contributed by atoms with Gasteiger partial charge < -0.3 is 31.5 Å². The topological polar surface area (TPSA) is 522 Å². The number of aromatic nitrogens is 1. The molecule has 5 aromatic carbocycles. The lowest BCUT2D eigenvalue weighted by molar-refractivity contribution is -0.145. The van der Waals surface area contributed by atoms with E-state index in [2.05, 4.69) is 41.4 Å². The second-order valence-corrected chi connectivity index (χ2v) is 25.6. The number of nitrogens with zero attached hydrogens (tertiary/aromatic N) is 7. The number of anilines is 5. The number of nitrogens with one attached hydrogen (secondary N) is 4. The number of thiophene rings is 1. The minimum absolute atomic E-state index is 0.0288. The number of rotatable bonds is 19. The molecular weight excluding hydrogens is 1280 g/mol. The second kappa shape index (κ2) is 23.9. The SMILES string of the molecule is Cc1c(C#N)c(Nc2ccc(Cl)c(S(=O)(=O)O)c2)nc(Nc2ccc(Cl)c(S(=O)(=O)O)c2)c1N=Nc1sc(N=Nc2cc(S(=O)(=O)O)c3cc(S(=O)(=O)O)cc(S(=O)(=O)O)c3c2)c(-c2ccc(NC(=O)NC(CC(=O)O)C(=O)O)cc2)c1C#N. The average Bonchev–Trinajstić information content (AvgIpc) is 1.38. The van der Waals surface area contributed by atoms with Gasteiger partial charge in [-0.3, -0.25) is 27.6 Å². The fourth-order valence-corrected chi connectivity index (χ4v) is 12.5. The van der Waals surface area contributed by atoms with Crippen molar-refractivity contribution in [2.75, 3.05) is 16.0 Å². The van der Waals surface area contributed by atoms with Crippen molar-refractivity contribution < 1.29 is 89.4 Å². The third kappa shape index (κ3) is 14.4. The molecule has 2 heterocycles. The van der Waals surface area contributed by atoms with Gasteiger partial charge >= 0.3 is 18.0 Å². The lowest BCUT2D eigenvalue weighted by Gasteiger charge is -2.16. The molecule has 31 nitrogen and oxygen atoms in total. The van der Waals surface area contributed by atoms with Crippen LogP contribution in [0.3, 0.4) is 0 Å². The number of carboxylic acids is 2. The number of benzene rings is 5. The van der Waals surface area contributed by atoms with Crippen molar-refractivity contribution in [2.24, 2.45) is 20.5 Å². The van der Waals surface area contributed by atoms with Gasteiger partial charge in [-0.1, -0.05) is 46.7 Å². The third-order valence-electron chi connectivity index (χ3n) is 11.2. The van der Waals surface area contributed by atoms with Gasteiger partial charge in [0.2, 0.25) is 0 Å². The molecule has 84 heavy (non-hydrogen) atoms. The molecule has 39 heteroatoms. The molecular formula is C45H31Cl2N11O20S6. The summed E-state index contributed by atoms with van der Waals surface area (Å²) in [6.45, 7) is 1.32. The van der Waals surface area contributed by atoms with Crippen LogP contribution in [0.5, 0.6) is 0 Å². The number of fused-ring (bicyclic) bond motifs is 1. The number of azo groups is 2. The Kier molecular flexibility index (Phi) is 17.9. The highest BCUT2D eigenvalue weighted by molar-refractivity contribution is 7.87. The number of carbonyl (C=O) groups excluding carboxylic acids is 1. The zero-order valence-corrected chi connectivity index (χ0v) is 47.6.